The molecule has 0 atom stereocenters. The molecule has 3 rings (SSSR count). The number of rotatable bonds is 5. The fourth-order valence-electron chi connectivity index (χ4n) is 3.02. The summed E-state index contributed by atoms with van der Waals surface area (Å²) in [6, 6.07) is 16.2. The molecular weight excluding hydrogens is 310 g/mol. The molecule has 1 amide bonds. The number of carbonyl (C=O) groups is 1. The average Bonchev–Trinajstić information content (AvgIpc) is 2.63. The van der Waals surface area contributed by atoms with E-state index in [9.17, 15) is 4.79 Å². The fraction of sp³-hybridized carbons (Fsp3) is 0.381. The number of benzene rings is 2. The summed E-state index contributed by atoms with van der Waals surface area (Å²) >= 11 is 0. The average molecular weight is 337 g/mol. The first-order valence-electron chi connectivity index (χ1n) is 8.94. The Kier molecular flexibility index (Phi) is 5.84. The van der Waals surface area contributed by atoms with Crippen molar-refractivity contribution < 1.29 is 4.79 Å². The number of amides is 1. The second-order valence-electron chi connectivity index (χ2n) is 6.94. The van der Waals surface area contributed by atoms with Gasteiger partial charge in [0.25, 0.3) is 5.91 Å². The maximum atomic E-state index is 12.2. The van der Waals surface area contributed by atoms with E-state index in [0.717, 1.165) is 43.9 Å². The van der Waals surface area contributed by atoms with Gasteiger partial charge in [-0.15, -0.1) is 0 Å². The summed E-state index contributed by atoms with van der Waals surface area (Å²) in [6.45, 7) is 8.12. The van der Waals surface area contributed by atoms with Gasteiger partial charge in [-0.3, -0.25) is 9.69 Å². The molecule has 1 fully saturated rings. The second-order valence-corrected chi connectivity index (χ2v) is 6.94. The van der Waals surface area contributed by atoms with Crippen LogP contribution in [0.3, 0.4) is 0 Å². The Bertz CT molecular complexity index is 686. The lowest BCUT2D eigenvalue weighted by Gasteiger charge is -2.32. The molecule has 0 saturated carbocycles. The van der Waals surface area contributed by atoms with Crippen molar-refractivity contribution in [3.63, 3.8) is 0 Å². The maximum Gasteiger partial charge on any atom is 0.251 e. The lowest BCUT2D eigenvalue weighted by molar-refractivity contribution is 0.0951. The first kappa shape index (κ1) is 17.6. The second kappa shape index (κ2) is 8.28. The van der Waals surface area contributed by atoms with Crippen LogP contribution in [0.4, 0.5) is 0 Å². The molecule has 1 aliphatic heterocycles. The summed E-state index contributed by atoms with van der Waals surface area (Å²) in [5.74, 6) is -0.0264. The largest absolute Gasteiger partial charge is 0.348 e. The zero-order valence-electron chi connectivity index (χ0n) is 15.2. The quantitative estimate of drug-likeness (QED) is 0.911. The molecule has 0 unspecified atom stereocenters. The van der Waals surface area contributed by atoms with Crippen LogP contribution in [0.25, 0.3) is 0 Å². The van der Waals surface area contributed by atoms with Crippen LogP contribution in [-0.2, 0) is 13.1 Å². The topological polar surface area (TPSA) is 35.6 Å². The molecule has 4 nitrogen and oxygen atoms in total. The molecule has 1 aliphatic rings. The van der Waals surface area contributed by atoms with Gasteiger partial charge in [-0.05, 0) is 37.2 Å². The van der Waals surface area contributed by atoms with E-state index in [1.165, 1.54) is 5.56 Å². The molecule has 1 heterocycles. The summed E-state index contributed by atoms with van der Waals surface area (Å²) in [6.07, 6.45) is 0. The first-order chi connectivity index (χ1) is 12.1. The minimum atomic E-state index is -0.0264. The van der Waals surface area contributed by atoms with E-state index in [2.05, 4.69) is 46.4 Å². The van der Waals surface area contributed by atoms with Gasteiger partial charge in [0.15, 0.2) is 0 Å². The summed E-state index contributed by atoms with van der Waals surface area (Å²) in [5.41, 5.74) is 4.32. The third-order valence-corrected chi connectivity index (χ3v) is 4.79. The van der Waals surface area contributed by atoms with E-state index in [1.54, 1.807) is 0 Å². The van der Waals surface area contributed by atoms with Crippen LogP contribution in [0.1, 0.15) is 27.0 Å². The highest BCUT2D eigenvalue weighted by Crippen LogP contribution is 2.10. The Morgan fingerprint density at radius 3 is 2.16 bits per heavy atom. The Morgan fingerprint density at radius 2 is 1.52 bits per heavy atom. The van der Waals surface area contributed by atoms with Crippen LogP contribution in [0.15, 0.2) is 48.5 Å². The number of likely N-dealkylation sites (N-methyl/N-ethyl adjacent to an activating group) is 1. The molecule has 4 heteroatoms. The molecule has 1 N–H and O–H groups in total. The molecule has 2 aromatic rings. The molecule has 0 aromatic heterocycles. The van der Waals surface area contributed by atoms with Crippen molar-refractivity contribution in [2.24, 2.45) is 0 Å². The summed E-state index contributed by atoms with van der Waals surface area (Å²) < 4.78 is 0. The van der Waals surface area contributed by atoms with Crippen LogP contribution in [-0.4, -0.2) is 48.9 Å². The van der Waals surface area contributed by atoms with Crippen molar-refractivity contribution in [2.45, 2.75) is 20.0 Å². The van der Waals surface area contributed by atoms with Crippen LogP contribution in [0, 0.1) is 6.92 Å². The van der Waals surface area contributed by atoms with Crippen molar-refractivity contribution in [1.82, 2.24) is 15.1 Å². The summed E-state index contributed by atoms with van der Waals surface area (Å²) in [5, 5.41) is 2.99. The lowest BCUT2D eigenvalue weighted by Crippen LogP contribution is -2.43. The van der Waals surface area contributed by atoms with E-state index < -0.39 is 0 Å². The SMILES string of the molecule is Cc1ccc(C(=O)NCc2ccc(CN3CCN(C)CC3)cc2)cc1. The predicted octanol–water partition coefficient (Wildman–Crippen LogP) is 2.67. The molecule has 0 spiro atoms. The normalized spacial score (nSPS) is 15.9. The van der Waals surface area contributed by atoms with Crippen molar-refractivity contribution in [2.75, 3.05) is 33.2 Å². The van der Waals surface area contributed by atoms with Gasteiger partial charge in [0.05, 0.1) is 0 Å². The Labute approximate surface area is 150 Å². The predicted molar refractivity (Wildman–Crippen MR) is 102 cm³/mol. The number of carbonyl (C=O) groups excluding carboxylic acids is 1. The molecule has 0 radical (unpaired) electrons. The van der Waals surface area contributed by atoms with E-state index in [0.29, 0.717) is 12.1 Å². The van der Waals surface area contributed by atoms with Gasteiger partial charge >= 0.3 is 0 Å². The molecule has 132 valence electrons. The minimum Gasteiger partial charge on any atom is -0.348 e. The smallest absolute Gasteiger partial charge is 0.251 e. The van der Waals surface area contributed by atoms with Crippen LogP contribution >= 0.6 is 0 Å². The number of piperazine rings is 1. The first-order valence-corrected chi connectivity index (χ1v) is 8.94. The van der Waals surface area contributed by atoms with E-state index in [1.807, 2.05) is 31.2 Å². The molecule has 0 aliphatic carbocycles. The van der Waals surface area contributed by atoms with Gasteiger partial charge in [0.2, 0.25) is 0 Å². The summed E-state index contributed by atoms with van der Waals surface area (Å²) in [4.78, 5) is 17.0. The molecule has 0 bridgehead atoms. The van der Waals surface area contributed by atoms with Gasteiger partial charge in [-0.25, -0.2) is 0 Å². The fourth-order valence-corrected chi connectivity index (χ4v) is 3.02. The zero-order valence-corrected chi connectivity index (χ0v) is 15.2. The third-order valence-electron chi connectivity index (χ3n) is 4.79. The highest BCUT2D eigenvalue weighted by atomic mass is 16.1. The zero-order chi connectivity index (χ0) is 17.6. The van der Waals surface area contributed by atoms with Gasteiger partial charge in [0.1, 0.15) is 0 Å². The Balaban J connectivity index is 1.49. The van der Waals surface area contributed by atoms with Crippen LogP contribution in [0.5, 0.6) is 0 Å². The van der Waals surface area contributed by atoms with Crippen molar-refractivity contribution >= 4 is 5.91 Å². The molecular formula is C21H27N3O. The van der Waals surface area contributed by atoms with E-state index in [4.69, 9.17) is 0 Å². The monoisotopic (exact) mass is 337 g/mol. The summed E-state index contributed by atoms with van der Waals surface area (Å²) in [7, 11) is 2.18. The number of nitrogens with one attached hydrogen (secondary N) is 1. The lowest BCUT2D eigenvalue weighted by atomic mass is 10.1. The van der Waals surface area contributed by atoms with E-state index >= 15 is 0 Å². The van der Waals surface area contributed by atoms with Crippen LogP contribution < -0.4 is 5.32 Å². The van der Waals surface area contributed by atoms with E-state index in [-0.39, 0.29) is 5.91 Å². The third kappa shape index (κ3) is 5.15. The van der Waals surface area contributed by atoms with Crippen molar-refractivity contribution in [3.05, 3.63) is 70.8 Å². The number of aryl methyl sites for hydroxylation is 1. The van der Waals surface area contributed by atoms with Gasteiger partial charge in [-0.2, -0.15) is 0 Å². The van der Waals surface area contributed by atoms with Crippen molar-refractivity contribution in [1.29, 1.82) is 0 Å². The Hall–Kier alpha value is -2.17. The number of hydrogen-bond acceptors (Lipinski definition) is 3. The molecule has 1 saturated heterocycles. The maximum absolute atomic E-state index is 12.2. The standard InChI is InChI=1S/C21H27N3O/c1-17-3-9-20(10-4-17)21(25)22-15-18-5-7-19(8-6-18)16-24-13-11-23(2)12-14-24/h3-10H,11-16H2,1-2H3,(H,22,25). The minimum absolute atomic E-state index is 0.0264. The number of hydrogen-bond donors (Lipinski definition) is 1. The highest BCUT2D eigenvalue weighted by molar-refractivity contribution is 5.94. The molecule has 2 aromatic carbocycles. The van der Waals surface area contributed by atoms with Gasteiger partial charge in [0, 0.05) is 44.8 Å². The Morgan fingerprint density at radius 1 is 0.920 bits per heavy atom. The van der Waals surface area contributed by atoms with Crippen molar-refractivity contribution in [3.8, 4) is 0 Å². The molecule has 25 heavy (non-hydrogen) atoms. The number of nitrogens with zero attached hydrogens (tertiary/aromatic N) is 2. The van der Waals surface area contributed by atoms with Gasteiger partial charge < -0.3 is 10.2 Å². The van der Waals surface area contributed by atoms with Gasteiger partial charge in [-0.1, -0.05) is 42.0 Å². The highest BCUT2D eigenvalue weighted by Gasteiger charge is 2.13. The van der Waals surface area contributed by atoms with Crippen LogP contribution in [0.2, 0.25) is 0 Å².